The van der Waals surface area contributed by atoms with Gasteiger partial charge in [-0.15, -0.1) is 0 Å². The first-order valence-corrected chi connectivity index (χ1v) is 10.1. The van der Waals surface area contributed by atoms with E-state index in [0.29, 0.717) is 17.9 Å². The molecule has 0 spiro atoms. The van der Waals surface area contributed by atoms with Crippen LogP contribution in [0.4, 0.5) is 4.79 Å². The minimum absolute atomic E-state index is 0.0199. The van der Waals surface area contributed by atoms with E-state index in [9.17, 15) is 14.4 Å². The zero-order valence-corrected chi connectivity index (χ0v) is 17.0. The number of rotatable bonds is 8. The van der Waals surface area contributed by atoms with Crippen LogP contribution in [0.2, 0.25) is 0 Å². The van der Waals surface area contributed by atoms with Gasteiger partial charge in [-0.25, -0.2) is 4.79 Å². The number of carbonyl (C=O) groups excluding carboxylic acids is 3. The van der Waals surface area contributed by atoms with Crippen LogP contribution in [0.5, 0.6) is 11.5 Å². The Balaban J connectivity index is 1.52. The van der Waals surface area contributed by atoms with E-state index >= 15 is 0 Å². The number of nitrogens with one attached hydrogen (secondary N) is 2. The summed E-state index contributed by atoms with van der Waals surface area (Å²) in [5.41, 5.74) is 0.918. The molecule has 1 saturated carbocycles. The highest BCUT2D eigenvalue weighted by Crippen LogP contribution is 2.28. The first kappa shape index (κ1) is 21.0. The van der Waals surface area contributed by atoms with Gasteiger partial charge in [0.1, 0.15) is 6.04 Å². The predicted octanol–water partition coefficient (Wildman–Crippen LogP) is 2.01. The van der Waals surface area contributed by atoms with Crippen molar-refractivity contribution >= 4 is 17.8 Å². The van der Waals surface area contributed by atoms with Crippen LogP contribution in [0.25, 0.3) is 0 Å². The Hall–Kier alpha value is -2.77. The minimum atomic E-state index is -0.795. The lowest BCUT2D eigenvalue weighted by atomic mass is 9.95. The maximum absolute atomic E-state index is 12.6. The van der Waals surface area contributed by atoms with Crippen molar-refractivity contribution in [1.29, 1.82) is 0 Å². The van der Waals surface area contributed by atoms with Crippen molar-refractivity contribution in [2.24, 2.45) is 0 Å². The van der Waals surface area contributed by atoms with E-state index in [-0.39, 0.29) is 30.8 Å². The molecular formula is C21H29N3O5. The normalized spacial score (nSPS) is 19.8. The average Bonchev–Trinajstić information content (AvgIpc) is 2.99. The number of benzene rings is 1. The third-order valence-electron chi connectivity index (χ3n) is 5.54. The zero-order chi connectivity index (χ0) is 20.8. The molecule has 1 heterocycles. The molecule has 1 aromatic carbocycles. The van der Waals surface area contributed by atoms with E-state index in [2.05, 4.69) is 10.6 Å². The summed E-state index contributed by atoms with van der Waals surface area (Å²) in [4.78, 5) is 38.3. The number of ether oxygens (including phenoxy) is 2. The van der Waals surface area contributed by atoms with Crippen molar-refractivity contribution in [2.75, 3.05) is 20.8 Å². The third-order valence-corrected chi connectivity index (χ3v) is 5.54. The molecule has 2 N–H and O–H groups in total. The zero-order valence-electron chi connectivity index (χ0n) is 17.0. The predicted molar refractivity (Wildman–Crippen MR) is 107 cm³/mol. The number of amides is 4. The Morgan fingerprint density at radius 1 is 1.14 bits per heavy atom. The lowest BCUT2D eigenvalue weighted by Crippen LogP contribution is -2.41. The van der Waals surface area contributed by atoms with Crippen molar-refractivity contribution in [3.05, 3.63) is 23.8 Å². The number of nitrogens with zero attached hydrogens (tertiary/aromatic N) is 1. The van der Waals surface area contributed by atoms with Gasteiger partial charge < -0.3 is 20.1 Å². The van der Waals surface area contributed by atoms with Gasteiger partial charge in [-0.05, 0) is 37.0 Å². The molecule has 3 rings (SSSR count). The van der Waals surface area contributed by atoms with Crippen LogP contribution < -0.4 is 20.1 Å². The molecule has 8 heteroatoms. The third kappa shape index (κ3) is 5.19. The van der Waals surface area contributed by atoms with Crippen LogP contribution in [-0.4, -0.2) is 55.6 Å². The van der Waals surface area contributed by atoms with Gasteiger partial charge in [0.2, 0.25) is 5.91 Å². The van der Waals surface area contributed by atoms with Crippen molar-refractivity contribution in [2.45, 2.75) is 57.0 Å². The molecular weight excluding hydrogens is 374 g/mol. The monoisotopic (exact) mass is 403 g/mol. The highest BCUT2D eigenvalue weighted by molar-refractivity contribution is 6.05. The lowest BCUT2D eigenvalue weighted by molar-refractivity contribution is -0.131. The van der Waals surface area contributed by atoms with Crippen LogP contribution >= 0.6 is 0 Å². The number of hydrogen-bond acceptors (Lipinski definition) is 5. The molecule has 1 atom stereocenters. The summed E-state index contributed by atoms with van der Waals surface area (Å²) in [5, 5.41) is 5.62. The summed E-state index contributed by atoms with van der Waals surface area (Å²) in [6, 6.07) is 4.42. The number of methoxy groups -OCH3 is 2. The summed E-state index contributed by atoms with van der Waals surface area (Å²) >= 11 is 0. The number of hydrogen-bond donors (Lipinski definition) is 2. The van der Waals surface area contributed by atoms with E-state index in [1.807, 2.05) is 12.1 Å². The van der Waals surface area contributed by atoms with Gasteiger partial charge in [-0.1, -0.05) is 25.3 Å². The Bertz CT molecular complexity index is 761. The van der Waals surface area contributed by atoms with E-state index in [1.54, 1.807) is 20.3 Å². The summed E-state index contributed by atoms with van der Waals surface area (Å²) in [7, 11) is 3.12. The molecule has 0 radical (unpaired) electrons. The first-order chi connectivity index (χ1) is 14.0. The summed E-state index contributed by atoms with van der Waals surface area (Å²) in [6.45, 7) is 0.237. The topological polar surface area (TPSA) is 97.0 Å². The maximum atomic E-state index is 12.6. The lowest BCUT2D eigenvalue weighted by Gasteiger charge is -2.23. The number of urea groups is 1. The van der Waals surface area contributed by atoms with Crippen LogP contribution in [0.15, 0.2) is 18.2 Å². The molecule has 1 aliphatic carbocycles. The van der Waals surface area contributed by atoms with Gasteiger partial charge in [-0.2, -0.15) is 0 Å². The van der Waals surface area contributed by atoms with Crippen molar-refractivity contribution in [1.82, 2.24) is 15.5 Å². The molecule has 2 aliphatic rings. The average molecular weight is 403 g/mol. The van der Waals surface area contributed by atoms with Crippen LogP contribution in [0.1, 0.15) is 44.1 Å². The summed E-state index contributed by atoms with van der Waals surface area (Å²) < 4.78 is 10.5. The fourth-order valence-electron chi connectivity index (χ4n) is 3.92. The Labute approximate surface area is 170 Å². The number of imide groups is 1. The summed E-state index contributed by atoms with van der Waals surface area (Å²) in [5.74, 6) is 0.682. The van der Waals surface area contributed by atoms with Gasteiger partial charge in [0.05, 0.1) is 20.6 Å². The van der Waals surface area contributed by atoms with Crippen LogP contribution in [0, 0.1) is 0 Å². The molecule has 1 saturated heterocycles. The highest BCUT2D eigenvalue weighted by atomic mass is 16.5. The van der Waals surface area contributed by atoms with Gasteiger partial charge in [-0.3, -0.25) is 14.5 Å². The van der Waals surface area contributed by atoms with Crippen LogP contribution in [-0.2, 0) is 16.0 Å². The van der Waals surface area contributed by atoms with Gasteiger partial charge in [0.15, 0.2) is 11.5 Å². The molecule has 0 bridgehead atoms. The molecule has 4 amide bonds. The van der Waals surface area contributed by atoms with E-state index < -0.39 is 12.1 Å². The second-order valence-corrected chi connectivity index (χ2v) is 7.54. The standard InChI is InChI=1S/C21H29N3O5/c1-28-17-9-8-14(12-18(17)29-2)10-11-24-20(26)16(23-21(24)27)13-19(25)22-15-6-4-3-5-7-15/h8-9,12,15-16H,3-7,10-11,13H2,1-2H3,(H,22,25)(H,23,27)/t16-/m1/s1. The van der Waals surface area contributed by atoms with Gasteiger partial charge in [0, 0.05) is 12.6 Å². The maximum Gasteiger partial charge on any atom is 0.324 e. The molecule has 158 valence electrons. The van der Waals surface area contributed by atoms with E-state index in [1.165, 1.54) is 11.3 Å². The smallest absolute Gasteiger partial charge is 0.324 e. The van der Waals surface area contributed by atoms with E-state index in [0.717, 1.165) is 31.2 Å². The molecule has 0 unspecified atom stereocenters. The molecule has 0 aromatic heterocycles. The fraction of sp³-hybridized carbons (Fsp3) is 0.571. The molecule has 29 heavy (non-hydrogen) atoms. The quantitative estimate of drug-likeness (QED) is 0.647. The van der Waals surface area contributed by atoms with Gasteiger partial charge >= 0.3 is 6.03 Å². The molecule has 1 aromatic rings. The largest absolute Gasteiger partial charge is 0.493 e. The summed E-state index contributed by atoms with van der Waals surface area (Å²) in [6.07, 6.45) is 5.87. The van der Waals surface area contributed by atoms with E-state index in [4.69, 9.17) is 9.47 Å². The fourth-order valence-corrected chi connectivity index (χ4v) is 3.92. The Morgan fingerprint density at radius 2 is 1.86 bits per heavy atom. The second-order valence-electron chi connectivity index (χ2n) is 7.54. The van der Waals surface area contributed by atoms with Crippen molar-refractivity contribution in [3.63, 3.8) is 0 Å². The molecule has 8 nitrogen and oxygen atoms in total. The van der Waals surface area contributed by atoms with Crippen molar-refractivity contribution in [3.8, 4) is 11.5 Å². The Morgan fingerprint density at radius 3 is 2.55 bits per heavy atom. The first-order valence-electron chi connectivity index (χ1n) is 10.1. The Kier molecular flexibility index (Phi) is 6.95. The molecule has 1 aliphatic heterocycles. The van der Waals surface area contributed by atoms with Crippen LogP contribution in [0.3, 0.4) is 0 Å². The minimum Gasteiger partial charge on any atom is -0.493 e. The van der Waals surface area contributed by atoms with Crippen molar-refractivity contribution < 1.29 is 23.9 Å². The second kappa shape index (κ2) is 9.62. The highest BCUT2D eigenvalue weighted by Gasteiger charge is 2.38. The molecule has 2 fully saturated rings. The number of carbonyl (C=O) groups is 3. The SMILES string of the molecule is COc1ccc(CCN2C(=O)N[C@H](CC(=O)NC3CCCCC3)C2=O)cc1OC. The van der Waals surface area contributed by atoms with Gasteiger partial charge in [0.25, 0.3) is 5.91 Å².